The molecule has 3 aromatic rings. The first-order valence-corrected chi connectivity index (χ1v) is 12.1. The molecule has 0 fully saturated rings. The van der Waals surface area contributed by atoms with Crippen molar-refractivity contribution in [2.75, 3.05) is 19.0 Å². The number of rotatable bonds is 8. The highest BCUT2D eigenvalue weighted by atomic mass is 32.3. The zero-order chi connectivity index (χ0) is 20.1. The number of ether oxygens (including phenoxy) is 2. The molecule has 6 heteroatoms. The van der Waals surface area contributed by atoms with E-state index in [9.17, 15) is 9.11 Å². The van der Waals surface area contributed by atoms with Gasteiger partial charge in [0.1, 0.15) is 11.5 Å². The summed E-state index contributed by atoms with van der Waals surface area (Å²) in [6.07, 6.45) is 0.745. The van der Waals surface area contributed by atoms with Crippen molar-refractivity contribution in [3.05, 3.63) is 84.4 Å². The van der Waals surface area contributed by atoms with Crippen molar-refractivity contribution in [1.29, 1.82) is 0 Å². The first kappa shape index (κ1) is 20.2. The first-order chi connectivity index (χ1) is 14.1. The number of benzene rings is 3. The maximum atomic E-state index is 10.6. The van der Waals surface area contributed by atoms with E-state index in [4.69, 9.17) is 9.47 Å². The van der Waals surface area contributed by atoms with E-state index in [1.165, 1.54) is 0 Å². The molecular weight excluding hydrogens is 404 g/mol. The van der Waals surface area contributed by atoms with Crippen molar-refractivity contribution >= 4 is 22.4 Å². The monoisotopic (exact) mass is 428 g/mol. The van der Waals surface area contributed by atoms with Crippen LogP contribution in [0, 0.1) is 0 Å². The zero-order valence-electron chi connectivity index (χ0n) is 15.9. The summed E-state index contributed by atoms with van der Waals surface area (Å²) in [6.45, 7) is 1.08. The fourth-order valence-corrected chi connectivity index (χ4v) is 6.83. The second-order valence-electron chi connectivity index (χ2n) is 6.82. The smallest absolute Gasteiger partial charge is 0.121 e. The van der Waals surface area contributed by atoms with Crippen molar-refractivity contribution in [3.8, 4) is 11.5 Å². The van der Waals surface area contributed by atoms with Crippen LogP contribution >= 0.6 is 22.4 Å². The van der Waals surface area contributed by atoms with Crippen molar-refractivity contribution in [3.63, 3.8) is 0 Å². The molecule has 0 aliphatic carbocycles. The van der Waals surface area contributed by atoms with Crippen LogP contribution in [0.4, 0.5) is 0 Å². The Morgan fingerprint density at radius 3 is 2.21 bits per heavy atom. The minimum absolute atomic E-state index is 0.0331. The molecular formula is C23H24O4S2. The minimum atomic E-state index is -2.79. The van der Waals surface area contributed by atoms with Gasteiger partial charge in [0.2, 0.25) is 0 Å². The summed E-state index contributed by atoms with van der Waals surface area (Å²) in [6, 6.07) is 25.4. The Labute approximate surface area is 177 Å². The predicted molar refractivity (Wildman–Crippen MR) is 120 cm³/mol. The molecule has 4 rings (SSSR count). The van der Waals surface area contributed by atoms with Gasteiger partial charge in [0.25, 0.3) is 0 Å². The molecule has 0 spiro atoms. The molecule has 4 nitrogen and oxygen atoms in total. The third-order valence-electron chi connectivity index (χ3n) is 4.66. The Morgan fingerprint density at radius 1 is 0.828 bits per heavy atom. The molecule has 3 aromatic carbocycles. The second kappa shape index (κ2) is 9.13. The van der Waals surface area contributed by atoms with Crippen LogP contribution in [0.1, 0.15) is 17.2 Å². The molecule has 0 radical (unpaired) electrons. The second-order valence-corrected chi connectivity index (χ2v) is 10.2. The third kappa shape index (κ3) is 5.08. The van der Waals surface area contributed by atoms with E-state index in [1.807, 2.05) is 72.8 Å². The zero-order valence-corrected chi connectivity index (χ0v) is 17.6. The number of fused-ring (bicyclic) bond motifs is 1. The molecule has 1 aliphatic rings. The summed E-state index contributed by atoms with van der Waals surface area (Å²) in [4.78, 5) is 1.74. The molecule has 0 bridgehead atoms. The average Bonchev–Trinajstić information content (AvgIpc) is 2.99. The van der Waals surface area contributed by atoms with Crippen LogP contribution < -0.4 is 9.47 Å². The Hall–Kier alpha value is -2.12. The van der Waals surface area contributed by atoms with Crippen molar-refractivity contribution in [2.45, 2.75) is 21.5 Å². The lowest BCUT2D eigenvalue weighted by Gasteiger charge is -2.27. The van der Waals surface area contributed by atoms with Gasteiger partial charge in [-0.1, -0.05) is 42.5 Å². The quantitative estimate of drug-likeness (QED) is 0.402. The van der Waals surface area contributed by atoms with Crippen molar-refractivity contribution < 1.29 is 18.6 Å². The van der Waals surface area contributed by atoms with Crippen LogP contribution in [0.5, 0.6) is 11.5 Å². The first-order valence-electron chi connectivity index (χ1n) is 9.54. The number of para-hydroxylation sites is 1. The molecule has 1 heterocycles. The van der Waals surface area contributed by atoms with Crippen molar-refractivity contribution in [1.82, 2.24) is 0 Å². The predicted octanol–water partition coefficient (Wildman–Crippen LogP) is 6.49. The summed E-state index contributed by atoms with van der Waals surface area (Å²) in [7, 11) is -2.79. The Bertz CT molecular complexity index is 932. The van der Waals surface area contributed by atoms with E-state index in [0.29, 0.717) is 29.6 Å². The molecule has 0 amide bonds. The summed E-state index contributed by atoms with van der Waals surface area (Å²) in [5.41, 5.74) is 0.985. The van der Waals surface area contributed by atoms with Crippen LogP contribution in [-0.2, 0) is 0 Å². The van der Waals surface area contributed by atoms with Gasteiger partial charge in [-0.3, -0.25) is 9.11 Å². The molecule has 0 aromatic heterocycles. The highest BCUT2D eigenvalue weighted by Gasteiger charge is 2.36. The van der Waals surface area contributed by atoms with E-state index in [1.54, 1.807) is 17.8 Å². The Kier molecular flexibility index (Phi) is 6.35. The van der Waals surface area contributed by atoms with Crippen LogP contribution in [-0.4, -0.2) is 28.1 Å². The molecule has 1 aliphatic heterocycles. The maximum absolute atomic E-state index is 10.6. The SMILES string of the molecule is OS1(O)CC(Sc2ccccc2)c2ccc(OCCCOc3ccccc3)cc21. The standard InChI is InChI=1S/C23H24O4S2/c24-29(25)17-22(28-20-10-5-2-6-11-20)21-13-12-19(16-23(21)29)27-15-7-14-26-18-8-3-1-4-9-18/h1-6,8-13,16,22,24-25H,7,14-15,17H2. The van der Waals surface area contributed by atoms with E-state index >= 15 is 0 Å². The molecule has 29 heavy (non-hydrogen) atoms. The maximum Gasteiger partial charge on any atom is 0.121 e. The summed E-state index contributed by atoms with van der Waals surface area (Å²) < 4.78 is 32.7. The molecule has 0 saturated carbocycles. The van der Waals surface area contributed by atoms with Gasteiger partial charge in [-0.25, -0.2) is 0 Å². The molecule has 1 unspecified atom stereocenters. The lowest BCUT2D eigenvalue weighted by Crippen LogP contribution is -2.05. The minimum Gasteiger partial charge on any atom is -0.493 e. The van der Waals surface area contributed by atoms with Crippen LogP contribution in [0.25, 0.3) is 0 Å². The average molecular weight is 429 g/mol. The Balaban J connectivity index is 1.35. The normalized spacial score (nSPS) is 18.1. The van der Waals surface area contributed by atoms with Gasteiger partial charge in [-0.05, 0) is 35.9 Å². The summed E-state index contributed by atoms with van der Waals surface area (Å²) in [5, 5.41) is 0.0331. The molecule has 1 atom stereocenters. The van der Waals surface area contributed by atoms with Gasteiger partial charge in [-0.2, -0.15) is 10.6 Å². The van der Waals surface area contributed by atoms with Crippen LogP contribution in [0.15, 0.2) is 88.7 Å². The van der Waals surface area contributed by atoms with E-state index in [0.717, 1.165) is 22.6 Å². The van der Waals surface area contributed by atoms with Gasteiger partial charge in [-0.15, -0.1) is 11.8 Å². The van der Waals surface area contributed by atoms with E-state index in [2.05, 4.69) is 0 Å². The van der Waals surface area contributed by atoms with Crippen LogP contribution in [0.3, 0.4) is 0 Å². The Morgan fingerprint density at radius 2 is 1.48 bits per heavy atom. The fraction of sp³-hybridized carbons (Fsp3) is 0.217. The summed E-state index contributed by atoms with van der Waals surface area (Å²) in [5.74, 6) is 1.85. The lowest BCUT2D eigenvalue weighted by atomic mass is 10.1. The fourth-order valence-electron chi connectivity index (χ4n) is 3.26. The number of thioether (sulfide) groups is 1. The lowest BCUT2D eigenvalue weighted by molar-refractivity contribution is 0.247. The third-order valence-corrected chi connectivity index (χ3v) is 7.98. The van der Waals surface area contributed by atoms with Gasteiger partial charge >= 0.3 is 0 Å². The highest BCUT2D eigenvalue weighted by Crippen LogP contribution is 2.63. The molecule has 0 saturated heterocycles. The molecule has 152 valence electrons. The van der Waals surface area contributed by atoms with E-state index in [-0.39, 0.29) is 5.25 Å². The molecule has 2 N–H and O–H groups in total. The van der Waals surface area contributed by atoms with Gasteiger partial charge in [0, 0.05) is 17.4 Å². The van der Waals surface area contributed by atoms with Gasteiger partial charge in [0.05, 0.1) is 29.1 Å². The van der Waals surface area contributed by atoms with Gasteiger partial charge < -0.3 is 9.47 Å². The van der Waals surface area contributed by atoms with Crippen LogP contribution in [0.2, 0.25) is 0 Å². The largest absolute Gasteiger partial charge is 0.493 e. The van der Waals surface area contributed by atoms with Gasteiger partial charge in [0.15, 0.2) is 0 Å². The van der Waals surface area contributed by atoms with E-state index < -0.39 is 10.6 Å². The highest BCUT2D eigenvalue weighted by molar-refractivity contribution is 8.25. The topological polar surface area (TPSA) is 58.9 Å². The number of hydrogen-bond acceptors (Lipinski definition) is 5. The summed E-state index contributed by atoms with van der Waals surface area (Å²) >= 11 is 1.67. The van der Waals surface area contributed by atoms with Crippen molar-refractivity contribution in [2.24, 2.45) is 0 Å². The number of hydrogen-bond donors (Lipinski definition) is 2.